The number of nitrogens with zero attached hydrogens (tertiary/aromatic N) is 1. The quantitative estimate of drug-likeness (QED) is 0.461. The van der Waals surface area contributed by atoms with Gasteiger partial charge in [-0.05, 0) is 55.9 Å². The van der Waals surface area contributed by atoms with E-state index in [1.807, 2.05) is 19.9 Å². The minimum absolute atomic E-state index is 0.200. The van der Waals surface area contributed by atoms with Crippen LogP contribution in [0.1, 0.15) is 61.9 Å². The number of rotatable bonds is 7. The molecule has 2 atom stereocenters. The molecule has 0 spiro atoms. The molecule has 3 rings (SSSR count). The molecular weight excluding hydrogens is 402 g/mol. The molecule has 180 valence electrons. The minimum Gasteiger partial charge on any atom is -0.368 e. The van der Waals surface area contributed by atoms with E-state index in [2.05, 4.69) is 100 Å². The van der Waals surface area contributed by atoms with Gasteiger partial charge in [-0.15, -0.1) is 0 Å². The lowest BCUT2D eigenvalue weighted by Crippen LogP contribution is -2.36. The highest BCUT2D eigenvalue weighted by Crippen LogP contribution is 2.24. The van der Waals surface area contributed by atoms with E-state index in [9.17, 15) is 0 Å². The van der Waals surface area contributed by atoms with Crippen molar-refractivity contribution in [2.24, 2.45) is 5.73 Å². The van der Waals surface area contributed by atoms with E-state index in [1.165, 1.54) is 27.8 Å². The lowest BCUT2D eigenvalue weighted by atomic mass is 10.1. The fourth-order valence-electron chi connectivity index (χ4n) is 3.87. The Morgan fingerprint density at radius 2 is 1.76 bits per heavy atom. The van der Waals surface area contributed by atoms with Crippen LogP contribution in [0.15, 0.2) is 73.6 Å². The van der Waals surface area contributed by atoms with E-state index >= 15 is 0 Å². The smallest absolute Gasteiger partial charge is 0.0947 e. The highest BCUT2D eigenvalue weighted by molar-refractivity contribution is 5.47. The number of nitrogens with two attached hydrogens (primary N) is 1. The molecule has 1 fully saturated rings. The summed E-state index contributed by atoms with van der Waals surface area (Å²) in [6.07, 6.45) is 3.93. The third-order valence-corrected chi connectivity index (χ3v) is 5.85. The lowest BCUT2D eigenvalue weighted by Gasteiger charge is -2.29. The molecule has 1 aliphatic rings. The molecule has 1 heterocycles. The molecule has 33 heavy (non-hydrogen) atoms. The first-order chi connectivity index (χ1) is 15.7. The van der Waals surface area contributed by atoms with Gasteiger partial charge in [0.2, 0.25) is 0 Å². The predicted octanol–water partition coefficient (Wildman–Crippen LogP) is 6.76. The van der Waals surface area contributed by atoms with Gasteiger partial charge in [0, 0.05) is 19.1 Å². The summed E-state index contributed by atoms with van der Waals surface area (Å²) >= 11 is 0. The molecule has 2 aromatic rings. The van der Waals surface area contributed by atoms with Crippen LogP contribution in [-0.4, -0.2) is 23.5 Å². The Morgan fingerprint density at radius 1 is 1.12 bits per heavy atom. The van der Waals surface area contributed by atoms with Crippen LogP contribution < -0.4 is 11.1 Å². The Hall–Kier alpha value is -2.78. The molecule has 0 aliphatic carbocycles. The average molecular weight is 448 g/mol. The van der Waals surface area contributed by atoms with E-state index in [1.54, 1.807) is 0 Å². The third-order valence-electron chi connectivity index (χ3n) is 5.85. The Bertz CT molecular complexity index is 895. The number of hydrogen-bond donors (Lipinski definition) is 2. The van der Waals surface area contributed by atoms with Crippen LogP contribution >= 0.6 is 0 Å². The summed E-state index contributed by atoms with van der Waals surface area (Å²) in [5, 5.41) is 3.44. The van der Waals surface area contributed by atoms with Crippen molar-refractivity contribution in [1.82, 2.24) is 10.2 Å². The summed E-state index contributed by atoms with van der Waals surface area (Å²) in [5.41, 5.74) is 13.7. The van der Waals surface area contributed by atoms with Crippen molar-refractivity contribution in [2.75, 3.05) is 6.54 Å². The first kappa shape index (κ1) is 28.3. The third kappa shape index (κ3) is 8.94. The SMILES string of the molecule is C=C(C)C1CC(N)CN1C(=C)NCc1ccc(C)cc1C.C=Cc1ccc(CC)cc1.CC. The maximum atomic E-state index is 6.09. The topological polar surface area (TPSA) is 41.3 Å². The first-order valence-corrected chi connectivity index (χ1v) is 12.1. The van der Waals surface area contributed by atoms with Gasteiger partial charge < -0.3 is 16.0 Å². The molecule has 3 heteroatoms. The van der Waals surface area contributed by atoms with Crippen LogP contribution in [0.25, 0.3) is 6.08 Å². The van der Waals surface area contributed by atoms with Gasteiger partial charge >= 0.3 is 0 Å². The van der Waals surface area contributed by atoms with Crippen LogP contribution in [0.2, 0.25) is 0 Å². The fourth-order valence-corrected chi connectivity index (χ4v) is 3.87. The van der Waals surface area contributed by atoms with Crippen molar-refractivity contribution in [3.8, 4) is 0 Å². The van der Waals surface area contributed by atoms with Gasteiger partial charge in [-0.1, -0.05) is 100 Å². The normalized spacial score (nSPS) is 16.6. The molecule has 0 aromatic heterocycles. The zero-order chi connectivity index (χ0) is 25.0. The molecule has 2 unspecified atom stereocenters. The summed E-state index contributed by atoms with van der Waals surface area (Å²) in [7, 11) is 0. The largest absolute Gasteiger partial charge is 0.368 e. The summed E-state index contributed by atoms with van der Waals surface area (Å²) in [4.78, 5) is 2.25. The molecule has 1 saturated heterocycles. The number of aryl methyl sites for hydroxylation is 3. The second-order valence-corrected chi connectivity index (χ2v) is 8.54. The molecule has 3 nitrogen and oxygen atoms in total. The second kappa shape index (κ2) is 14.4. The zero-order valence-electron chi connectivity index (χ0n) is 21.7. The van der Waals surface area contributed by atoms with Crippen molar-refractivity contribution < 1.29 is 0 Å². The summed E-state index contributed by atoms with van der Waals surface area (Å²) in [5.74, 6) is 0.941. The number of benzene rings is 2. The number of nitrogens with one attached hydrogen (secondary N) is 1. The van der Waals surface area contributed by atoms with Crippen LogP contribution in [0.4, 0.5) is 0 Å². The first-order valence-electron chi connectivity index (χ1n) is 12.1. The summed E-state index contributed by atoms with van der Waals surface area (Å²) in [6, 6.07) is 15.5. The minimum atomic E-state index is 0.200. The maximum absolute atomic E-state index is 6.09. The lowest BCUT2D eigenvalue weighted by molar-refractivity contribution is 0.327. The Balaban J connectivity index is 0.000000380. The van der Waals surface area contributed by atoms with Crippen molar-refractivity contribution in [3.05, 3.63) is 101 Å². The van der Waals surface area contributed by atoms with E-state index in [4.69, 9.17) is 5.73 Å². The predicted molar refractivity (Wildman–Crippen MR) is 147 cm³/mol. The molecule has 1 aliphatic heterocycles. The van der Waals surface area contributed by atoms with Gasteiger partial charge in [0.15, 0.2) is 0 Å². The summed E-state index contributed by atoms with van der Waals surface area (Å²) in [6.45, 7) is 26.1. The number of likely N-dealkylation sites (tertiary alicyclic amines) is 1. The maximum Gasteiger partial charge on any atom is 0.0947 e. The number of hydrogen-bond acceptors (Lipinski definition) is 3. The highest BCUT2D eigenvalue weighted by atomic mass is 15.3. The molecule has 0 amide bonds. The van der Waals surface area contributed by atoms with Gasteiger partial charge in [-0.25, -0.2) is 0 Å². The fraction of sp³-hybridized carbons (Fsp3) is 0.400. The standard InChI is InChI=1S/C18H27N3.C10H12.C2H6/c1-12(2)18-9-17(19)11-21(18)15(5)20-10-16-7-6-13(3)8-14(16)4;1-3-9-5-7-10(4-2)8-6-9;1-2/h6-8,17-18,20H,1,5,9-11,19H2,2-4H3;3,5-8H,1,4H2,2H3;1-2H3. The molecule has 2 aromatic carbocycles. The molecular formula is C30H45N3. The molecule has 3 N–H and O–H groups in total. The highest BCUT2D eigenvalue weighted by Gasteiger charge is 2.31. The Morgan fingerprint density at radius 3 is 2.27 bits per heavy atom. The Labute approximate surface area is 203 Å². The van der Waals surface area contributed by atoms with Gasteiger partial charge in [0.25, 0.3) is 0 Å². The average Bonchev–Trinajstić information content (AvgIpc) is 3.22. The summed E-state index contributed by atoms with van der Waals surface area (Å²) < 4.78 is 0. The van der Waals surface area contributed by atoms with Crippen molar-refractivity contribution in [2.45, 2.75) is 73.0 Å². The van der Waals surface area contributed by atoms with Crippen molar-refractivity contribution in [1.29, 1.82) is 0 Å². The van der Waals surface area contributed by atoms with Gasteiger partial charge in [-0.2, -0.15) is 0 Å². The van der Waals surface area contributed by atoms with Crippen LogP contribution in [0.3, 0.4) is 0 Å². The van der Waals surface area contributed by atoms with Gasteiger partial charge in [0.05, 0.1) is 11.9 Å². The Kier molecular flexibility index (Phi) is 12.3. The van der Waals surface area contributed by atoms with Gasteiger partial charge in [0.1, 0.15) is 0 Å². The molecule has 0 saturated carbocycles. The molecule has 0 bridgehead atoms. The van der Waals surface area contributed by atoms with E-state index in [-0.39, 0.29) is 6.04 Å². The van der Waals surface area contributed by atoms with Crippen LogP contribution in [-0.2, 0) is 13.0 Å². The second-order valence-electron chi connectivity index (χ2n) is 8.54. The van der Waals surface area contributed by atoms with Crippen LogP contribution in [0.5, 0.6) is 0 Å². The van der Waals surface area contributed by atoms with Crippen molar-refractivity contribution in [3.63, 3.8) is 0 Å². The molecule has 0 radical (unpaired) electrons. The van der Waals surface area contributed by atoms with Gasteiger partial charge in [-0.3, -0.25) is 0 Å². The van der Waals surface area contributed by atoms with E-state index in [0.717, 1.165) is 37.3 Å². The van der Waals surface area contributed by atoms with E-state index in [0.29, 0.717) is 6.04 Å². The zero-order valence-corrected chi connectivity index (χ0v) is 21.7. The van der Waals surface area contributed by atoms with Crippen molar-refractivity contribution >= 4 is 6.08 Å². The van der Waals surface area contributed by atoms with E-state index < -0.39 is 0 Å². The monoisotopic (exact) mass is 447 g/mol. The van der Waals surface area contributed by atoms with Crippen LogP contribution in [0, 0.1) is 13.8 Å².